The first kappa shape index (κ1) is 17.9. The molecule has 0 aliphatic rings. The van der Waals surface area contributed by atoms with Gasteiger partial charge in [-0.05, 0) is 42.0 Å². The summed E-state index contributed by atoms with van der Waals surface area (Å²) >= 11 is 5.82. The number of rotatable bonds is 6. The highest BCUT2D eigenvalue weighted by Gasteiger charge is 2.17. The summed E-state index contributed by atoms with van der Waals surface area (Å²) in [4.78, 5) is 13.8. The van der Waals surface area contributed by atoms with E-state index in [0.717, 1.165) is 0 Å². The van der Waals surface area contributed by atoms with Gasteiger partial charge in [-0.2, -0.15) is 0 Å². The lowest BCUT2D eigenvalue weighted by molar-refractivity contribution is -0.120. The quantitative estimate of drug-likeness (QED) is 0.817. The van der Waals surface area contributed by atoms with Gasteiger partial charge < -0.3 is 14.7 Å². The van der Waals surface area contributed by atoms with Crippen molar-refractivity contribution in [1.29, 1.82) is 0 Å². The van der Waals surface area contributed by atoms with Crippen LogP contribution in [0.2, 0.25) is 5.02 Å². The van der Waals surface area contributed by atoms with Crippen LogP contribution in [0.5, 0.6) is 5.75 Å². The Morgan fingerprint density at radius 3 is 2.46 bits per heavy atom. The number of amides is 1. The Morgan fingerprint density at radius 1 is 1.25 bits per heavy atom. The van der Waals surface area contributed by atoms with E-state index in [2.05, 4.69) is 5.92 Å². The van der Waals surface area contributed by atoms with Gasteiger partial charge in [0.05, 0.1) is 12.5 Å². The topological polar surface area (TPSA) is 49.8 Å². The molecule has 1 atom stereocenters. The highest BCUT2D eigenvalue weighted by Crippen LogP contribution is 2.23. The fraction of sp³-hybridized carbons (Fsp3) is 0.211. The van der Waals surface area contributed by atoms with Crippen molar-refractivity contribution >= 4 is 23.2 Å². The smallest absolute Gasteiger partial charge is 0.229 e. The SMILES string of the molecule is C#CCOc1ccc(N(C)C(=O)CC(O)c2ccc(Cl)cc2)cc1. The molecule has 5 heteroatoms. The molecule has 2 rings (SSSR count). The minimum atomic E-state index is -0.879. The maximum absolute atomic E-state index is 12.3. The number of anilines is 1. The van der Waals surface area contributed by atoms with Crippen molar-refractivity contribution in [3.05, 3.63) is 59.1 Å². The van der Waals surface area contributed by atoms with Crippen LogP contribution in [0.25, 0.3) is 0 Å². The summed E-state index contributed by atoms with van der Waals surface area (Å²) in [6, 6.07) is 13.8. The van der Waals surface area contributed by atoms with E-state index in [1.807, 2.05) is 0 Å². The van der Waals surface area contributed by atoms with Crippen LogP contribution in [0.4, 0.5) is 5.69 Å². The molecule has 0 aromatic heterocycles. The second kappa shape index (κ2) is 8.39. The Labute approximate surface area is 146 Å². The summed E-state index contributed by atoms with van der Waals surface area (Å²) in [6.45, 7) is 0.196. The average Bonchev–Trinajstić information content (AvgIpc) is 2.60. The molecule has 0 heterocycles. The summed E-state index contributed by atoms with van der Waals surface area (Å²) < 4.78 is 5.29. The number of nitrogens with zero attached hydrogens (tertiary/aromatic N) is 1. The lowest BCUT2D eigenvalue weighted by atomic mass is 10.1. The predicted molar refractivity (Wildman–Crippen MR) is 95.2 cm³/mol. The largest absolute Gasteiger partial charge is 0.481 e. The third-order valence-corrected chi connectivity index (χ3v) is 3.80. The van der Waals surface area contributed by atoms with Crippen molar-refractivity contribution in [3.63, 3.8) is 0 Å². The summed E-state index contributed by atoms with van der Waals surface area (Å²) in [6.07, 6.45) is 4.24. The van der Waals surface area contributed by atoms with Crippen LogP contribution in [0.3, 0.4) is 0 Å². The molecule has 0 radical (unpaired) electrons. The number of aliphatic hydroxyl groups is 1. The fourth-order valence-electron chi connectivity index (χ4n) is 2.14. The third kappa shape index (κ3) is 4.76. The van der Waals surface area contributed by atoms with Crippen molar-refractivity contribution in [1.82, 2.24) is 0 Å². The van der Waals surface area contributed by atoms with E-state index in [9.17, 15) is 9.90 Å². The van der Waals surface area contributed by atoms with Crippen LogP contribution in [0.15, 0.2) is 48.5 Å². The van der Waals surface area contributed by atoms with Gasteiger partial charge in [-0.1, -0.05) is 29.7 Å². The number of hydrogen-bond donors (Lipinski definition) is 1. The predicted octanol–water partition coefficient (Wildman–Crippen LogP) is 3.44. The van der Waals surface area contributed by atoms with Crippen LogP contribution in [0.1, 0.15) is 18.1 Å². The first-order chi connectivity index (χ1) is 11.5. The zero-order valence-electron chi connectivity index (χ0n) is 13.3. The fourth-order valence-corrected chi connectivity index (χ4v) is 2.27. The molecule has 1 N–H and O–H groups in total. The zero-order valence-corrected chi connectivity index (χ0v) is 14.0. The molecule has 24 heavy (non-hydrogen) atoms. The van der Waals surface area contributed by atoms with Gasteiger partial charge >= 0.3 is 0 Å². The summed E-state index contributed by atoms with van der Waals surface area (Å²) in [5.41, 5.74) is 1.36. The zero-order chi connectivity index (χ0) is 17.5. The Kier molecular flexibility index (Phi) is 6.25. The molecule has 0 saturated heterocycles. The van der Waals surface area contributed by atoms with E-state index in [1.165, 1.54) is 4.90 Å². The lowest BCUT2D eigenvalue weighted by Gasteiger charge is -2.20. The standard InChI is InChI=1S/C19H18ClNO3/c1-3-12-24-17-10-8-16(9-11-17)21(2)19(23)13-18(22)14-4-6-15(20)7-5-14/h1,4-11,18,22H,12-13H2,2H3. The summed E-state index contributed by atoms with van der Waals surface area (Å²) in [7, 11) is 1.66. The van der Waals surface area contributed by atoms with Gasteiger partial charge in [-0.15, -0.1) is 6.42 Å². The monoisotopic (exact) mass is 343 g/mol. The number of benzene rings is 2. The average molecular weight is 344 g/mol. The Balaban J connectivity index is 1.98. The van der Waals surface area contributed by atoms with E-state index in [0.29, 0.717) is 22.0 Å². The van der Waals surface area contributed by atoms with E-state index in [1.54, 1.807) is 55.6 Å². The number of halogens is 1. The maximum Gasteiger partial charge on any atom is 0.229 e. The number of aliphatic hydroxyl groups excluding tert-OH is 1. The normalized spacial score (nSPS) is 11.4. The van der Waals surface area contributed by atoms with Crippen LogP contribution in [-0.4, -0.2) is 24.7 Å². The van der Waals surface area contributed by atoms with Crippen LogP contribution in [0, 0.1) is 12.3 Å². The number of ether oxygens (including phenoxy) is 1. The molecule has 0 bridgehead atoms. The van der Waals surface area contributed by atoms with E-state index >= 15 is 0 Å². The van der Waals surface area contributed by atoms with E-state index < -0.39 is 6.10 Å². The van der Waals surface area contributed by atoms with Crippen LogP contribution >= 0.6 is 11.6 Å². The van der Waals surface area contributed by atoms with Crippen molar-refractivity contribution < 1.29 is 14.6 Å². The second-order valence-electron chi connectivity index (χ2n) is 5.21. The molecule has 1 amide bonds. The molecule has 0 aliphatic carbocycles. The van der Waals surface area contributed by atoms with Gasteiger partial charge in [0, 0.05) is 17.8 Å². The van der Waals surface area contributed by atoms with Gasteiger partial charge in [0.15, 0.2) is 0 Å². The number of terminal acetylenes is 1. The minimum Gasteiger partial charge on any atom is -0.481 e. The summed E-state index contributed by atoms with van der Waals surface area (Å²) in [5.74, 6) is 2.83. The minimum absolute atomic E-state index is 0.0204. The van der Waals surface area contributed by atoms with Gasteiger partial charge in [0.25, 0.3) is 0 Å². The van der Waals surface area contributed by atoms with Crippen LogP contribution < -0.4 is 9.64 Å². The van der Waals surface area contributed by atoms with Crippen molar-refractivity contribution in [2.75, 3.05) is 18.6 Å². The first-order valence-electron chi connectivity index (χ1n) is 7.37. The number of carbonyl (C=O) groups is 1. The van der Waals surface area contributed by atoms with Crippen molar-refractivity contribution in [3.8, 4) is 18.1 Å². The van der Waals surface area contributed by atoms with E-state index in [4.69, 9.17) is 22.8 Å². The Bertz CT molecular complexity index is 720. The van der Waals surface area contributed by atoms with Crippen molar-refractivity contribution in [2.24, 2.45) is 0 Å². The molecule has 2 aromatic carbocycles. The molecule has 0 saturated carbocycles. The second-order valence-corrected chi connectivity index (χ2v) is 5.65. The highest BCUT2D eigenvalue weighted by molar-refractivity contribution is 6.30. The molecule has 0 aliphatic heterocycles. The molecule has 0 fully saturated rings. The van der Waals surface area contributed by atoms with Gasteiger partial charge in [0.2, 0.25) is 5.91 Å². The Morgan fingerprint density at radius 2 is 1.88 bits per heavy atom. The molecule has 4 nitrogen and oxygen atoms in total. The number of hydrogen-bond acceptors (Lipinski definition) is 3. The van der Waals surface area contributed by atoms with Gasteiger partial charge in [-0.3, -0.25) is 4.79 Å². The number of carbonyl (C=O) groups excluding carboxylic acids is 1. The molecule has 0 spiro atoms. The molecular formula is C19H18ClNO3. The molecule has 1 unspecified atom stereocenters. The van der Waals surface area contributed by atoms with Gasteiger partial charge in [0.1, 0.15) is 12.4 Å². The Hall–Kier alpha value is -2.48. The van der Waals surface area contributed by atoms with Crippen molar-refractivity contribution in [2.45, 2.75) is 12.5 Å². The molecule has 2 aromatic rings. The van der Waals surface area contributed by atoms with E-state index in [-0.39, 0.29) is 18.9 Å². The lowest BCUT2D eigenvalue weighted by Crippen LogP contribution is -2.27. The molecule has 124 valence electrons. The maximum atomic E-state index is 12.3. The highest BCUT2D eigenvalue weighted by atomic mass is 35.5. The first-order valence-corrected chi connectivity index (χ1v) is 7.75. The summed E-state index contributed by atoms with van der Waals surface area (Å²) in [5, 5.41) is 10.8. The van der Waals surface area contributed by atoms with Crippen LogP contribution in [-0.2, 0) is 4.79 Å². The van der Waals surface area contributed by atoms with Gasteiger partial charge in [-0.25, -0.2) is 0 Å². The molecular weight excluding hydrogens is 326 g/mol. The third-order valence-electron chi connectivity index (χ3n) is 3.54.